The molecule has 1 aromatic rings. The van der Waals surface area contributed by atoms with E-state index in [9.17, 15) is 0 Å². The molecule has 0 radical (unpaired) electrons. The number of hydrogen-bond acceptors (Lipinski definition) is 1. The van der Waals surface area contributed by atoms with E-state index < -0.39 is 0 Å². The minimum atomic E-state index is 0.730. The smallest absolute Gasteiger partial charge is 0.0434 e. The van der Waals surface area contributed by atoms with Gasteiger partial charge in [0.2, 0.25) is 0 Å². The van der Waals surface area contributed by atoms with Gasteiger partial charge in [0.1, 0.15) is 0 Å². The lowest BCUT2D eigenvalue weighted by Crippen LogP contribution is -2.25. The SMILES string of the molecule is CCCc1ccc(C2CCC(C3CCC(CC)CC3)CC2)nc1. The normalized spacial score (nSPS) is 31.9. The van der Waals surface area contributed by atoms with Crippen LogP contribution in [-0.4, -0.2) is 4.98 Å². The van der Waals surface area contributed by atoms with Crippen molar-refractivity contribution in [1.82, 2.24) is 4.98 Å². The molecule has 0 spiro atoms. The molecule has 0 bridgehead atoms. The fourth-order valence-electron chi connectivity index (χ4n) is 5.07. The highest BCUT2D eigenvalue weighted by Crippen LogP contribution is 2.43. The standard InChI is InChI=1S/C22H35N/c1-3-5-18-8-15-22(23-16-18)21-13-11-20(12-14-21)19-9-6-17(4-2)7-10-19/h8,15-17,19-21H,3-7,9-14H2,1-2H3. The van der Waals surface area contributed by atoms with Crippen molar-refractivity contribution in [2.75, 3.05) is 0 Å². The minimum absolute atomic E-state index is 0.730. The van der Waals surface area contributed by atoms with Gasteiger partial charge in [-0.2, -0.15) is 0 Å². The van der Waals surface area contributed by atoms with E-state index in [4.69, 9.17) is 4.98 Å². The second-order valence-corrected chi connectivity index (χ2v) is 8.14. The zero-order chi connectivity index (χ0) is 16.1. The molecule has 1 aromatic heterocycles. The van der Waals surface area contributed by atoms with Crippen LogP contribution in [-0.2, 0) is 6.42 Å². The average molecular weight is 314 g/mol. The molecule has 2 fully saturated rings. The van der Waals surface area contributed by atoms with Crippen LogP contribution in [0.5, 0.6) is 0 Å². The molecule has 0 atom stereocenters. The second-order valence-electron chi connectivity index (χ2n) is 8.14. The molecule has 2 aliphatic carbocycles. The zero-order valence-electron chi connectivity index (χ0n) is 15.3. The van der Waals surface area contributed by atoms with Gasteiger partial charge in [0, 0.05) is 17.8 Å². The average Bonchev–Trinajstić information content (AvgIpc) is 2.63. The predicted octanol–water partition coefficient (Wildman–Crippen LogP) is 6.52. The fourth-order valence-corrected chi connectivity index (χ4v) is 5.07. The maximum absolute atomic E-state index is 4.78. The van der Waals surface area contributed by atoms with Crippen molar-refractivity contribution < 1.29 is 0 Å². The van der Waals surface area contributed by atoms with Gasteiger partial charge in [0.25, 0.3) is 0 Å². The summed E-state index contributed by atoms with van der Waals surface area (Å²) in [6.07, 6.45) is 17.6. The van der Waals surface area contributed by atoms with Gasteiger partial charge in [-0.25, -0.2) is 0 Å². The lowest BCUT2D eigenvalue weighted by atomic mass is 9.68. The van der Waals surface area contributed by atoms with Crippen LogP contribution < -0.4 is 0 Å². The molecule has 0 N–H and O–H groups in total. The van der Waals surface area contributed by atoms with Gasteiger partial charge in [-0.15, -0.1) is 0 Å². The van der Waals surface area contributed by atoms with Crippen LogP contribution in [0.3, 0.4) is 0 Å². The summed E-state index contributed by atoms with van der Waals surface area (Å²) in [5, 5.41) is 0. The first-order valence-corrected chi connectivity index (χ1v) is 10.2. The van der Waals surface area contributed by atoms with Crippen LogP contribution in [0.25, 0.3) is 0 Å². The molecule has 128 valence electrons. The van der Waals surface area contributed by atoms with Crippen molar-refractivity contribution in [3.63, 3.8) is 0 Å². The van der Waals surface area contributed by atoms with Crippen molar-refractivity contribution in [1.29, 1.82) is 0 Å². The third-order valence-corrected chi connectivity index (χ3v) is 6.71. The Morgan fingerprint density at radius 2 is 1.52 bits per heavy atom. The van der Waals surface area contributed by atoms with Crippen LogP contribution in [0.1, 0.15) is 95.2 Å². The van der Waals surface area contributed by atoms with Crippen LogP contribution in [0.15, 0.2) is 18.3 Å². The Hall–Kier alpha value is -0.850. The third kappa shape index (κ3) is 4.37. The molecule has 0 aromatic carbocycles. The number of rotatable bonds is 5. The van der Waals surface area contributed by atoms with E-state index in [2.05, 4.69) is 32.2 Å². The number of aryl methyl sites for hydroxylation is 1. The van der Waals surface area contributed by atoms with Crippen LogP contribution in [0.2, 0.25) is 0 Å². The molecule has 0 aliphatic heterocycles. The highest BCUT2D eigenvalue weighted by atomic mass is 14.7. The van der Waals surface area contributed by atoms with E-state index in [1.807, 2.05) is 0 Å². The summed E-state index contributed by atoms with van der Waals surface area (Å²) < 4.78 is 0. The quantitative estimate of drug-likeness (QED) is 0.602. The van der Waals surface area contributed by atoms with Crippen molar-refractivity contribution >= 4 is 0 Å². The molecule has 2 aliphatic rings. The van der Waals surface area contributed by atoms with E-state index >= 15 is 0 Å². The van der Waals surface area contributed by atoms with Crippen molar-refractivity contribution in [3.05, 3.63) is 29.6 Å². The predicted molar refractivity (Wildman–Crippen MR) is 98.7 cm³/mol. The summed E-state index contributed by atoms with van der Waals surface area (Å²) in [7, 11) is 0. The topological polar surface area (TPSA) is 12.9 Å². The third-order valence-electron chi connectivity index (χ3n) is 6.71. The Balaban J connectivity index is 1.48. The molecule has 2 saturated carbocycles. The van der Waals surface area contributed by atoms with E-state index in [0.29, 0.717) is 0 Å². The monoisotopic (exact) mass is 313 g/mol. The number of nitrogens with zero attached hydrogens (tertiary/aromatic N) is 1. The summed E-state index contributed by atoms with van der Waals surface area (Å²) in [5.41, 5.74) is 2.76. The fraction of sp³-hybridized carbons (Fsp3) is 0.773. The van der Waals surface area contributed by atoms with Gasteiger partial charge in [-0.3, -0.25) is 4.98 Å². The second kappa shape index (κ2) is 8.31. The summed E-state index contributed by atoms with van der Waals surface area (Å²) in [4.78, 5) is 4.78. The first-order chi connectivity index (χ1) is 11.3. The van der Waals surface area contributed by atoms with E-state index in [0.717, 1.165) is 23.7 Å². The van der Waals surface area contributed by atoms with Crippen LogP contribution in [0.4, 0.5) is 0 Å². The summed E-state index contributed by atoms with van der Waals surface area (Å²) in [5.74, 6) is 3.82. The first kappa shape index (κ1) is 17.0. The molecule has 0 saturated heterocycles. The number of hydrogen-bond donors (Lipinski definition) is 0. The highest BCUT2D eigenvalue weighted by molar-refractivity contribution is 5.17. The Kier molecular flexibility index (Phi) is 6.14. The van der Waals surface area contributed by atoms with E-state index in [1.54, 1.807) is 0 Å². The van der Waals surface area contributed by atoms with Crippen LogP contribution in [0, 0.1) is 17.8 Å². The Bertz CT molecular complexity index is 447. The molecule has 0 amide bonds. The lowest BCUT2D eigenvalue weighted by molar-refractivity contribution is 0.158. The molecule has 23 heavy (non-hydrogen) atoms. The lowest BCUT2D eigenvalue weighted by Gasteiger charge is -2.37. The van der Waals surface area contributed by atoms with Gasteiger partial charge in [-0.1, -0.05) is 45.6 Å². The zero-order valence-corrected chi connectivity index (χ0v) is 15.3. The van der Waals surface area contributed by atoms with Gasteiger partial charge in [-0.05, 0) is 74.3 Å². The van der Waals surface area contributed by atoms with Gasteiger partial charge < -0.3 is 0 Å². The van der Waals surface area contributed by atoms with Crippen molar-refractivity contribution in [2.45, 2.75) is 90.4 Å². The number of aromatic nitrogens is 1. The molecular weight excluding hydrogens is 278 g/mol. The highest BCUT2D eigenvalue weighted by Gasteiger charge is 2.31. The van der Waals surface area contributed by atoms with Crippen LogP contribution >= 0.6 is 0 Å². The summed E-state index contributed by atoms with van der Waals surface area (Å²) >= 11 is 0. The number of pyridine rings is 1. The van der Waals surface area contributed by atoms with Crippen molar-refractivity contribution in [2.24, 2.45) is 17.8 Å². The maximum atomic E-state index is 4.78. The molecule has 3 rings (SSSR count). The van der Waals surface area contributed by atoms with Gasteiger partial charge in [0.05, 0.1) is 0 Å². The summed E-state index contributed by atoms with van der Waals surface area (Å²) in [6, 6.07) is 4.62. The minimum Gasteiger partial charge on any atom is -0.261 e. The summed E-state index contributed by atoms with van der Waals surface area (Å²) in [6.45, 7) is 4.61. The van der Waals surface area contributed by atoms with Crippen molar-refractivity contribution in [3.8, 4) is 0 Å². The van der Waals surface area contributed by atoms with Gasteiger partial charge in [0.15, 0.2) is 0 Å². The Labute approximate surface area is 143 Å². The molecule has 1 nitrogen and oxygen atoms in total. The Morgan fingerprint density at radius 3 is 2.04 bits per heavy atom. The molecule has 0 unspecified atom stereocenters. The van der Waals surface area contributed by atoms with E-state index in [1.165, 1.54) is 81.9 Å². The molecule has 1 heterocycles. The molecular formula is C22H35N. The Morgan fingerprint density at radius 1 is 0.870 bits per heavy atom. The maximum Gasteiger partial charge on any atom is 0.0434 e. The first-order valence-electron chi connectivity index (χ1n) is 10.2. The van der Waals surface area contributed by atoms with E-state index in [-0.39, 0.29) is 0 Å². The molecule has 1 heteroatoms. The van der Waals surface area contributed by atoms with Gasteiger partial charge >= 0.3 is 0 Å². The largest absolute Gasteiger partial charge is 0.261 e.